The molecule has 0 bridgehead atoms. The molecule has 0 aliphatic heterocycles. The summed E-state index contributed by atoms with van der Waals surface area (Å²) >= 11 is 18.1. The van der Waals surface area contributed by atoms with Crippen LogP contribution in [0.1, 0.15) is 5.56 Å². The highest BCUT2D eigenvalue weighted by molar-refractivity contribution is 7.92. The van der Waals surface area contributed by atoms with Crippen LogP contribution in [0.5, 0.6) is 5.75 Å². The van der Waals surface area contributed by atoms with E-state index in [2.05, 4.69) is 4.72 Å². The average Bonchev–Trinajstić information content (AvgIpc) is 2.53. The summed E-state index contributed by atoms with van der Waals surface area (Å²) in [5.74, 6) is 0.395. The maximum atomic E-state index is 12.7. The molecule has 9 heteroatoms. The summed E-state index contributed by atoms with van der Waals surface area (Å²) in [5.41, 5.74) is 0.929. The molecule has 0 amide bonds. The Balaban J connectivity index is 2.26. The molecular weight excluding hydrogens is 419 g/mol. The second-order valence-corrected chi connectivity index (χ2v) is 8.81. The molecule has 0 unspecified atom stereocenters. The molecule has 5 nitrogen and oxygen atoms in total. The third-order valence-electron chi connectivity index (χ3n) is 3.48. The number of rotatable bonds is 7. The van der Waals surface area contributed by atoms with E-state index in [1.165, 1.54) is 18.2 Å². The zero-order chi connectivity index (χ0) is 19.5. The molecule has 0 atom stereocenters. The van der Waals surface area contributed by atoms with Gasteiger partial charge >= 0.3 is 0 Å². The number of halogens is 3. The lowest BCUT2D eigenvalue weighted by Gasteiger charge is -2.14. The molecule has 0 radical (unpaired) electrons. The Kier molecular flexibility index (Phi) is 7.05. The predicted molar refractivity (Wildman–Crippen MR) is 108 cm³/mol. The van der Waals surface area contributed by atoms with Crippen molar-refractivity contribution in [2.75, 3.05) is 32.0 Å². The quantitative estimate of drug-likeness (QED) is 0.682. The van der Waals surface area contributed by atoms with E-state index in [0.29, 0.717) is 40.2 Å². The first-order valence-electron chi connectivity index (χ1n) is 7.65. The Morgan fingerprint density at radius 1 is 1.04 bits per heavy atom. The summed E-state index contributed by atoms with van der Waals surface area (Å²) in [7, 11) is -0.0463. The van der Waals surface area contributed by atoms with Crippen molar-refractivity contribution in [3.63, 3.8) is 0 Å². The van der Waals surface area contributed by atoms with Gasteiger partial charge in [0.2, 0.25) is 0 Å². The van der Waals surface area contributed by atoms with Crippen molar-refractivity contribution < 1.29 is 13.2 Å². The lowest BCUT2D eigenvalue weighted by molar-refractivity contribution is 0.261. The van der Waals surface area contributed by atoms with Gasteiger partial charge in [-0.1, -0.05) is 34.8 Å². The minimum atomic E-state index is -3.89. The monoisotopic (exact) mass is 436 g/mol. The first-order valence-corrected chi connectivity index (χ1v) is 10.3. The van der Waals surface area contributed by atoms with E-state index in [9.17, 15) is 8.42 Å². The van der Waals surface area contributed by atoms with E-state index < -0.39 is 10.0 Å². The molecule has 1 N–H and O–H groups in total. The SMILES string of the molecule is Cc1cc(S(=O)(=O)Nc2ccc(Cl)c(OCCN(C)C)c2)c(Cl)cc1Cl. The molecule has 26 heavy (non-hydrogen) atoms. The highest BCUT2D eigenvalue weighted by Crippen LogP contribution is 2.32. The molecule has 0 saturated carbocycles. The molecule has 0 spiro atoms. The molecule has 0 saturated heterocycles. The Labute approximate surface area is 168 Å². The van der Waals surface area contributed by atoms with E-state index in [4.69, 9.17) is 39.5 Å². The van der Waals surface area contributed by atoms with Gasteiger partial charge in [0, 0.05) is 17.6 Å². The fraction of sp³-hybridized carbons (Fsp3) is 0.294. The maximum absolute atomic E-state index is 12.7. The Morgan fingerprint density at radius 3 is 2.38 bits per heavy atom. The number of sulfonamides is 1. The van der Waals surface area contributed by atoms with Gasteiger partial charge in [0.15, 0.2) is 0 Å². The van der Waals surface area contributed by atoms with Gasteiger partial charge in [0.05, 0.1) is 15.7 Å². The van der Waals surface area contributed by atoms with Gasteiger partial charge in [-0.05, 0) is 50.8 Å². The fourth-order valence-corrected chi connectivity index (χ4v) is 4.12. The molecule has 0 aliphatic carbocycles. The van der Waals surface area contributed by atoms with E-state index in [1.807, 2.05) is 19.0 Å². The van der Waals surface area contributed by atoms with Crippen LogP contribution in [-0.4, -0.2) is 40.6 Å². The van der Waals surface area contributed by atoms with Gasteiger partial charge in [-0.2, -0.15) is 0 Å². The van der Waals surface area contributed by atoms with Gasteiger partial charge in [-0.25, -0.2) is 8.42 Å². The summed E-state index contributed by atoms with van der Waals surface area (Å²) < 4.78 is 33.4. The van der Waals surface area contributed by atoms with Crippen molar-refractivity contribution in [3.05, 3.63) is 51.0 Å². The third-order valence-corrected chi connectivity index (χ3v) is 6.05. The Morgan fingerprint density at radius 2 is 1.73 bits per heavy atom. The number of anilines is 1. The first kappa shape index (κ1) is 21.1. The minimum absolute atomic E-state index is 0.0459. The van der Waals surface area contributed by atoms with Crippen molar-refractivity contribution in [2.24, 2.45) is 0 Å². The molecule has 0 aliphatic rings. The van der Waals surface area contributed by atoms with Crippen molar-refractivity contribution in [1.29, 1.82) is 0 Å². The molecule has 2 aromatic carbocycles. The van der Waals surface area contributed by atoms with Gasteiger partial charge in [0.1, 0.15) is 17.3 Å². The van der Waals surface area contributed by atoms with Crippen molar-refractivity contribution in [2.45, 2.75) is 11.8 Å². The van der Waals surface area contributed by atoms with Gasteiger partial charge < -0.3 is 9.64 Å². The Hall–Kier alpha value is -1.18. The molecule has 0 heterocycles. The summed E-state index contributed by atoms with van der Waals surface area (Å²) in [6.07, 6.45) is 0. The zero-order valence-electron chi connectivity index (χ0n) is 14.5. The molecule has 142 valence electrons. The number of likely N-dealkylation sites (N-methyl/N-ethyl adjacent to an activating group) is 1. The lowest BCUT2D eigenvalue weighted by Crippen LogP contribution is -2.19. The number of hydrogen-bond donors (Lipinski definition) is 1. The topological polar surface area (TPSA) is 58.6 Å². The number of hydrogen-bond acceptors (Lipinski definition) is 4. The number of nitrogens with zero attached hydrogens (tertiary/aromatic N) is 1. The van der Waals surface area contributed by atoms with E-state index in [0.717, 1.165) is 0 Å². The number of aryl methyl sites for hydroxylation is 1. The summed E-state index contributed by atoms with van der Waals surface area (Å²) in [6, 6.07) is 7.49. The van der Waals surface area contributed by atoms with Crippen LogP contribution in [-0.2, 0) is 10.0 Å². The Bertz CT molecular complexity index is 902. The maximum Gasteiger partial charge on any atom is 0.263 e. The number of ether oxygens (including phenoxy) is 1. The van der Waals surface area contributed by atoms with Crippen LogP contribution in [0.25, 0.3) is 0 Å². The van der Waals surface area contributed by atoms with Gasteiger partial charge in [-0.15, -0.1) is 0 Å². The molecular formula is C17H19Cl3N2O3S. The first-order chi connectivity index (χ1) is 12.1. The minimum Gasteiger partial charge on any atom is -0.491 e. The summed E-state index contributed by atoms with van der Waals surface area (Å²) in [6.45, 7) is 2.83. The van der Waals surface area contributed by atoms with Crippen LogP contribution < -0.4 is 9.46 Å². The zero-order valence-corrected chi connectivity index (χ0v) is 17.6. The largest absolute Gasteiger partial charge is 0.491 e. The van der Waals surface area contributed by atoms with Crippen molar-refractivity contribution >= 4 is 50.5 Å². The second-order valence-electron chi connectivity index (χ2n) is 5.93. The highest BCUT2D eigenvalue weighted by atomic mass is 35.5. The van der Waals surface area contributed by atoms with Gasteiger partial charge in [0.25, 0.3) is 10.0 Å². The van der Waals surface area contributed by atoms with Crippen LogP contribution in [0.3, 0.4) is 0 Å². The van der Waals surface area contributed by atoms with Crippen LogP contribution in [0.4, 0.5) is 5.69 Å². The lowest BCUT2D eigenvalue weighted by atomic mass is 10.2. The summed E-state index contributed by atoms with van der Waals surface area (Å²) in [5, 5.41) is 0.841. The summed E-state index contributed by atoms with van der Waals surface area (Å²) in [4.78, 5) is 1.91. The molecule has 0 aromatic heterocycles. The van der Waals surface area contributed by atoms with Crippen LogP contribution in [0, 0.1) is 6.92 Å². The third kappa shape index (κ3) is 5.41. The number of nitrogens with one attached hydrogen (secondary N) is 1. The number of benzene rings is 2. The average molecular weight is 438 g/mol. The van der Waals surface area contributed by atoms with E-state index >= 15 is 0 Å². The molecule has 0 fully saturated rings. The fourth-order valence-electron chi connectivity index (χ4n) is 2.06. The normalized spacial score (nSPS) is 11.7. The second kappa shape index (κ2) is 8.67. The van der Waals surface area contributed by atoms with Crippen molar-refractivity contribution in [3.8, 4) is 5.75 Å². The highest BCUT2D eigenvalue weighted by Gasteiger charge is 2.20. The van der Waals surface area contributed by atoms with E-state index in [1.54, 1.807) is 19.1 Å². The smallest absolute Gasteiger partial charge is 0.263 e. The van der Waals surface area contributed by atoms with Crippen molar-refractivity contribution in [1.82, 2.24) is 4.90 Å². The van der Waals surface area contributed by atoms with Crippen LogP contribution >= 0.6 is 34.8 Å². The van der Waals surface area contributed by atoms with Crippen LogP contribution in [0.2, 0.25) is 15.1 Å². The van der Waals surface area contributed by atoms with E-state index in [-0.39, 0.29) is 9.92 Å². The van der Waals surface area contributed by atoms with Gasteiger partial charge in [-0.3, -0.25) is 4.72 Å². The van der Waals surface area contributed by atoms with Crippen LogP contribution in [0.15, 0.2) is 35.2 Å². The molecule has 2 rings (SSSR count). The standard InChI is InChI=1S/C17H19Cl3N2O3S/c1-11-8-17(15(20)10-14(11)19)26(23,24)21-12-4-5-13(18)16(9-12)25-7-6-22(2)3/h4-5,8-10,21H,6-7H2,1-3H3. The molecule has 2 aromatic rings. The predicted octanol–water partition coefficient (Wildman–Crippen LogP) is 4.70.